The van der Waals surface area contributed by atoms with Crippen LogP contribution in [0, 0.1) is 13.8 Å². The summed E-state index contributed by atoms with van der Waals surface area (Å²) in [6.07, 6.45) is 5.78. The van der Waals surface area contributed by atoms with Gasteiger partial charge in [0.15, 0.2) is 0 Å². The summed E-state index contributed by atoms with van der Waals surface area (Å²) >= 11 is 0. The first-order valence-electron chi connectivity index (χ1n) is 6.12. The van der Waals surface area contributed by atoms with E-state index in [4.69, 9.17) is 0 Å². The van der Waals surface area contributed by atoms with Crippen molar-refractivity contribution in [2.75, 3.05) is 6.54 Å². The van der Waals surface area contributed by atoms with Crippen LogP contribution in [0.4, 0.5) is 0 Å². The van der Waals surface area contributed by atoms with Crippen molar-refractivity contribution >= 4 is 6.21 Å². The highest BCUT2D eigenvalue weighted by Gasteiger charge is 2.17. The maximum atomic E-state index is 4.09. The van der Waals surface area contributed by atoms with Gasteiger partial charge in [0.1, 0.15) is 0 Å². The molecular weight excluding hydrogens is 224 g/mol. The van der Waals surface area contributed by atoms with Crippen LogP contribution in [0.5, 0.6) is 0 Å². The van der Waals surface area contributed by atoms with E-state index in [1.807, 2.05) is 18.6 Å². The lowest BCUT2D eigenvalue weighted by Gasteiger charge is -2.14. The highest BCUT2D eigenvalue weighted by Crippen LogP contribution is 2.29. The number of aromatic amines is 1. The molecule has 92 valence electrons. The second-order valence-electron chi connectivity index (χ2n) is 4.76. The Hall–Kier alpha value is -2.10. The van der Waals surface area contributed by atoms with Gasteiger partial charge in [-0.3, -0.25) is 5.10 Å². The van der Waals surface area contributed by atoms with E-state index in [0.717, 1.165) is 12.1 Å². The molecule has 4 nitrogen and oxygen atoms in total. The molecule has 0 bridgehead atoms. The lowest BCUT2D eigenvalue weighted by Crippen LogP contribution is -2.10. The fourth-order valence-corrected chi connectivity index (χ4v) is 2.48. The number of H-pyrrole nitrogens is 1. The minimum Gasteiger partial charge on any atom is -0.309 e. The van der Waals surface area contributed by atoms with Gasteiger partial charge in [0.25, 0.3) is 0 Å². The van der Waals surface area contributed by atoms with Crippen LogP contribution in [0.1, 0.15) is 22.6 Å². The molecule has 1 atom stereocenters. The molecule has 0 spiro atoms. The molecule has 2 N–H and O–H groups in total. The summed E-state index contributed by atoms with van der Waals surface area (Å²) in [5.41, 5.74) is 9.33. The molecule has 0 amide bonds. The third kappa shape index (κ3) is 1.79. The molecule has 1 aromatic heterocycles. The van der Waals surface area contributed by atoms with Gasteiger partial charge in [-0.05, 0) is 36.1 Å². The van der Waals surface area contributed by atoms with Crippen molar-refractivity contribution in [2.45, 2.75) is 19.8 Å². The number of aryl methyl sites for hydroxylation is 2. The Kier molecular flexibility index (Phi) is 2.63. The van der Waals surface area contributed by atoms with Gasteiger partial charge >= 0.3 is 0 Å². The minimum absolute atomic E-state index is 0.391. The number of rotatable bonds is 2. The maximum Gasteiger partial charge on any atom is 0.0565 e. The van der Waals surface area contributed by atoms with E-state index < -0.39 is 0 Å². The highest BCUT2D eigenvalue weighted by molar-refractivity contribution is 5.73. The molecule has 0 saturated carbocycles. The monoisotopic (exact) mass is 240 g/mol. The van der Waals surface area contributed by atoms with Crippen LogP contribution in [0.25, 0.3) is 11.1 Å². The smallest absolute Gasteiger partial charge is 0.0565 e. The van der Waals surface area contributed by atoms with Crippen LogP contribution >= 0.6 is 0 Å². The standard InChI is InChI=1S/C14H16N4/c1-9-3-14(12-7-17-18-8-12)10(2)4-13(9)11-5-15-16-6-11/h3-7,12,18H,8H2,1-2H3,(H,15,16). The molecule has 2 aromatic rings. The summed E-state index contributed by atoms with van der Waals surface area (Å²) in [4.78, 5) is 0. The number of hydrazone groups is 1. The van der Waals surface area contributed by atoms with E-state index >= 15 is 0 Å². The largest absolute Gasteiger partial charge is 0.309 e. The van der Waals surface area contributed by atoms with E-state index in [1.165, 1.54) is 22.3 Å². The van der Waals surface area contributed by atoms with Crippen molar-refractivity contribution in [2.24, 2.45) is 5.10 Å². The molecule has 1 aliphatic rings. The van der Waals surface area contributed by atoms with Crippen molar-refractivity contribution < 1.29 is 0 Å². The van der Waals surface area contributed by atoms with Crippen molar-refractivity contribution in [3.63, 3.8) is 0 Å². The van der Waals surface area contributed by atoms with E-state index in [-0.39, 0.29) is 0 Å². The summed E-state index contributed by atoms with van der Waals surface area (Å²) in [6.45, 7) is 5.20. The summed E-state index contributed by atoms with van der Waals surface area (Å²) in [6, 6.07) is 4.50. The Labute approximate surface area is 106 Å². The molecule has 0 fully saturated rings. The third-order valence-corrected chi connectivity index (χ3v) is 3.48. The summed E-state index contributed by atoms with van der Waals surface area (Å²) in [5, 5.41) is 11.0. The number of nitrogens with one attached hydrogen (secondary N) is 2. The number of hydrogen-bond acceptors (Lipinski definition) is 3. The average Bonchev–Trinajstić information content (AvgIpc) is 3.02. The summed E-state index contributed by atoms with van der Waals surface area (Å²) in [7, 11) is 0. The van der Waals surface area contributed by atoms with Crippen molar-refractivity contribution in [1.82, 2.24) is 15.6 Å². The van der Waals surface area contributed by atoms with Gasteiger partial charge in [0, 0.05) is 30.4 Å². The lowest BCUT2D eigenvalue weighted by molar-refractivity contribution is 0.761. The molecule has 4 heteroatoms. The Balaban J connectivity index is 2.05. The number of benzene rings is 1. The first-order valence-corrected chi connectivity index (χ1v) is 6.12. The van der Waals surface area contributed by atoms with E-state index in [9.17, 15) is 0 Å². The topological polar surface area (TPSA) is 53.1 Å². The predicted octanol–water partition coefficient (Wildman–Crippen LogP) is 2.37. The van der Waals surface area contributed by atoms with Gasteiger partial charge in [-0.2, -0.15) is 10.2 Å². The average molecular weight is 240 g/mol. The number of nitrogens with zero attached hydrogens (tertiary/aromatic N) is 2. The zero-order chi connectivity index (χ0) is 12.5. The fraction of sp³-hybridized carbons (Fsp3) is 0.286. The second kappa shape index (κ2) is 4.29. The van der Waals surface area contributed by atoms with Gasteiger partial charge in [0.05, 0.1) is 6.20 Å². The Morgan fingerprint density at radius 2 is 2.11 bits per heavy atom. The van der Waals surface area contributed by atoms with Gasteiger partial charge in [0.2, 0.25) is 0 Å². The van der Waals surface area contributed by atoms with E-state index in [2.05, 4.69) is 46.7 Å². The van der Waals surface area contributed by atoms with Gasteiger partial charge in [-0.25, -0.2) is 0 Å². The van der Waals surface area contributed by atoms with E-state index in [1.54, 1.807) is 0 Å². The molecule has 1 aromatic carbocycles. The van der Waals surface area contributed by atoms with Crippen molar-refractivity contribution in [3.05, 3.63) is 41.2 Å². The normalized spacial score (nSPS) is 18.0. The Morgan fingerprint density at radius 3 is 2.78 bits per heavy atom. The molecule has 0 aliphatic carbocycles. The molecule has 18 heavy (non-hydrogen) atoms. The first kappa shape index (κ1) is 11.0. The Morgan fingerprint density at radius 1 is 1.22 bits per heavy atom. The lowest BCUT2D eigenvalue weighted by atomic mass is 9.90. The molecule has 1 aliphatic heterocycles. The quantitative estimate of drug-likeness (QED) is 0.846. The number of hydrogen-bond donors (Lipinski definition) is 2. The Bertz CT molecular complexity index is 584. The third-order valence-electron chi connectivity index (χ3n) is 3.48. The molecular formula is C14H16N4. The molecule has 0 radical (unpaired) electrons. The number of aromatic nitrogens is 2. The highest BCUT2D eigenvalue weighted by atomic mass is 15.3. The summed E-state index contributed by atoms with van der Waals surface area (Å²) in [5.74, 6) is 0.391. The maximum absolute atomic E-state index is 4.09. The van der Waals surface area contributed by atoms with Crippen LogP contribution < -0.4 is 5.43 Å². The van der Waals surface area contributed by atoms with Crippen molar-refractivity contribution in [3.8, 4) is 11.1 Å². The van der Waals surface area contributed by atoms with E-state index in [0.29, 0.717) is 5.92 Å². The van der Waals surface area contributed by atoms with Gasteiger partial charge in [-0.15, -0.1) is 0 Å². The summed E-state index contributed by atoms with van der Waals surface area (Å²) < 4.78 is 0. The van der Waals surface area contributed by atoms with Crippen LogP contribution in [-0.4, -0.2) is 23.0 Å². The molecule has 0 saturated heterocycles. The molecule has 1 unspecified atom stereocenters. The van der Waals surface area contributed by atoms with Crippen LogP contribution in [-0.2, 0) is 0 Å². The van der Waals surface area contributed by atoms with Crippen molar-refractivity contribution in [1.29, 1.82) is 0 Å². The molecule has 2 heterocycles. The molecule has 3 rings (SSSR count). The first-order chi connectivity index (χ1) is 8.75. The predicted molar refractivity (Wildman–Crippen MR) is 72.7 cm³/mol. The second-order valence-corrected chi connectivity index (χ2v) is 4.76. The zero-order valence-corrected chi connectivity index (χ0v) is 10.6. The SMILES string of the molecule is Cc1cc(C2C=NNC2)c(C)cc1-c1cn[nH]c1. The van der Waals surface area contributed by atoms with Crippen LogP contribution in [0.2, 0.25) is 0 Å². The van der Waals surface area contributed by atoms with Crippen LogP contribution in [0.15, 0.2) is 29.6 Å². The fourth-order valence-electron chi connectivity index (χ4n) is 2.48. The van der Waals surface area contributed by atoms with Crippen LogP contribution in [0.3, 0.4) is 0 Å². The minimum atomic E-state index is 0.391. The zero-order valence-electron chi connectivity index (χ0n) is 10.6. The van der Waals surface area contributed by atoms with Gasteiger partial charge < -0.3 is 5.43 Å². The van der Waals surface area contributed by atoms with Gasteiger partial charge in [-0.1, -0.05) is 12.1 Å².